The molecule has 2 N–H and O–H groups in total. The van der Waals surface area contributed by atoms with Crippen LogP contribution in [0.15, 0.2) is 59.8 Å². The van der Waals surface area contributed by atoms with E-state index in [1.54, 1.807) is 33.1 Å². The van der Waals surface area contributed by atoms with Crippen LogP contribution < -0.4 is 20.3 Å². The van der Waals surface area contributed by atoms with Gasteiger partial charge in [0.1, 0.15) is 5.75 Å². The second kappa shape index (κ2) is 11.3. The number of hydrogen-bond donors (Lipinski definition) is 2. The number of Topliss-reactive ketones (excluding diaryl/α,β-unsaturated/α-hetero) is 1. The van der Waals surface area contributed by atoms with Crippen molar-refractivity contribution >= 4 is 23.5 Å². The fourth-order valence-electron chi connectivity index (χ4n) is 4.53. The molecule has 0 radical (unpaired) electrons. The Bertz CT molecular complexity index is 1140. The standard InChI is InChI=1S/C27H32N4O5/c1-4-36-26(33)24-23(28-27(34)29-25(24)20-7-11-22(35-3)12-8-20)17-30-13-15-31(16-14-30)21-9-5-19(6-10-21)18(2)32/h5-12,25H,4,13-17H2,1-3H3,(H2,28,29,34)/t25-/m0/s1. The van der Waals surface area contributed by atoms with Crippen molar-refractivity contribution in [3.63, 3.8) is 0 Å². The highest BCUT2D eigenvalue weighted by atomic mass is 16.5. The fraction of sp³-hybridized carbons (Fsp3) is 0.370. The molecular formula is C27H32N4O5. The number of amides is 2. The zero-order chi connectivity index (χ0) is 25.7. The number of nitrogens with one attached hydrogen (secondary N) is 2. The predicted octanol–water partition coefficient (Wildman–Crippen LogP) is 2.89. The number of anilines is 1. The van der Waals surface area contributed by atoms with E-state index in [4.69, 9.17) is 9.47 Å². The van der Waals surface area contributed by atoms with E-state index in [9.17, 15) is 14.4 Å². The second-order valence-corrected chi connectivity index (χ2v) is 8.78. The van der Waals surface area contributed by atoms with Crippen molar-refractivity contribution in [2.24, 2.45) is 0 Å². The monoisotopic (exact) mass is 492 g/mol. The molecule has 9 heteroatoms. The number of methoxy groups -OCH3 is 1. The third-order valence-corrected chi connectivity index (χ3v) is 6.49. The average molecular weight is 493 g/mol. The Kier molecular flexibility index (Phi) is 7.90. The number of ketones is 1. The van der Waals surface area contributed by atoms with E-state index < -0.39 is 12.0 Å². The van der Waals surface area contributed by atoms with Crippen LogP contribution in [0.25, 0.3) is 0 Å². The molecule has 2 aliphatic heterocycles. The van der Waals surface area contributed by atoms with Gasteiger partial charge in [0.2, 0.25) is 0 Å². The molecule has 0 aromatic heterocycles. The predicted molar refractivity (Wildman–Crippen MR) is 136 cm³/mol. The summed E-state index contributed by atoms with van der Waals surface area (Å²) >= 11 is 0. The van der Waals surface area contributed by atoms with Gasteiger partial charge in [-0.1, -0.05) is 12.1 Å². The van der Waals surface area contributed by atoms with Crippen LogP contribution >= 0.6 is 0 Å². The van der Waals surface area contributed by atoms with Crippen molar-refractivity contribution in [3.8, 4) is 5.75 Å². The van der Waals surface area contributed by atoms with E-state index in [2.05, 4.69) is 20.4 Å². The topological polar surface area (TPSA) is 100 Å². The Morgan fingerprint density at radius 1 is 1.00 bits per heavy atom. The van der Waals surface area contributed by atoms with Crippen molar-refractivity contribution in [3.05, 3.63) is 70.9 Å². The SMILES string of the molecule is CCOC(=O)C1=C(CN2CCN(c3ccc(C(C)=O)cc3)CC2)NC(=O)N[C@H]1c1ccc(OC)cc1. The van der Waals surface area contributed by atoms with Gasteiger partial charge in [0.05, 0.1) is 25.3 Å². The van der Waals surface area contributed by atoms with Gasteiger partial charge in [0.25, 0.3) is 0 Å². The molecule has 2 aromatic rings. The molecule has 0 saturated carbocycles. The Balaban J connectivity index is 1.52. The number of hydrogen-bond acceptors (Lipinski definition) is 7. The summed E-state index contributed by atoms with van der Waals surface area (Å²) < 4.78 is 10.6. The third kappa shape index (κ3) is 5.68. The first kappa shape index (κ1) is 25.2. The molecule has 1 atom stereocenters. The van der Waals surface area contributed by atoms with Crippen LogP contribution in [0.5, 0.6) is 5.75 Å². The molecule has 2 aliphatic rings. The number of nitrogens with zero attached hydrogens (tertiary/aromatic N) is 2. The first-order valence-corrected chi connectivity index (χ1v) is 12.1. The van der Waals surface area contributed by atoms with Crippen molar-refractivity contribution < 1.29 is 23.9 Å². The van der Waals surface area contributed by atoms with Crippen LogP contribution in [-0.2, 0) is 9.53 Å². The van der Waals surface area contributed by atoms with Crippen molar-refractivity contribution in [2.75, 3.05) is 51.3 Å². The van der Waals surface area contributed by atoms with E-state index >= 15 is 0 Å². The summed E-state index contributed by atoms with van der Waals surface area (Å²) in [5.41, 5.74) is 3.50. The average Bonchev–Trinajstić information content (AvgIpc) is 2.89. The maximum Gasteiger partial charge on any atom is 0.338 e. The maximum atomic E-state index is 13.0. The van der Waals surface area contributed by atoms with Gasteiger partial charge in [0.15, 0.2) is 5.78 Å². The van der Waals surface area contributed by atoms with Crippen LogP contribution in [0.1, 0.15) is 35.8 Å². The number of carbonyl (C=O) groups is 3. The van der Waals surface area contributed by atoms with Crippen LogP contribution in [-0.4, -0.2) is 69.1 Å². The quantitative estimate of drug-likeness (QED) is 0.432. The summed E-state index contributed by atoms with van der Waals surface area (Å²) in [7, 11) is 1.59. The first-order chi connectivity index (χ1) is 17.4. The molecule has 9 nitrogen and oxygen atoms in total. The van der Waals surface area contributed by atoms with Gasteiger partial charge >= 0.3 is 12.0 Å². The van der Waals surface area contributed by atoms with Gasteiger partial charge in [-0.3, -0.25) is 9.69 Å². The lowest BCUT2D eigenvalue weighted by molar-refractivity contribution is -0.139. The van der Waals surface area contributed by atoms with Crippen LogP contribution in [0.3, 0.4) is 0 Å². The summed E-state index contributed by atoms with van der Waals surface area (Å²) in [5.74, 6) is 0.286. The van der Waals surface area contributed by atoms with Crippen LogP contribution in [0.2, 0.25) is 0 Å². The van der Waals surface area contributed by atoms with Crippen molar-refractivity contribution in [1.82, 2.24) is 15.5 Å². The van der Waals surface area contributed by atoms with Gasteiger partial charge in [-0.15, -0.1) is 0 Å². The number of esters is 1. The summed E-state index contributed by atoms with van der Waals surface area (Å²) in [5, 5.41) is 5.72. The van der Waals surface area contributed by atoms with Gasteiger partial charge in [0, 0.05) is 49.7 Å². The number of urea groups is 1. The van der Waals surface area contributed by atoms with E-state index in [1.807, 2.05) is 36.4 Å². The minimum absolute atomic E-state index is 0.0500. The molecular weight excluding hydrogens is 460 g/mol. The zero-order valence-electron chi connectivity index (χ0n) is 20.9. The van der Waals surface area contributed by atoms with Crippen LogP contribution in [0, 0.1) is 0 Å². The molecule has 1 fully saturated rings. The highest BCUT2D eigenvalue weighted by Crippen LogP contribution is 2.29. The number of benzene rings is 2. The molecule has 2 amide bonds. The van der Waals surface area contributed by atoms with Crippen LogP contribution in [0.4, 0.5) is 10.5 Å². The fourth-order valence-corrected chi connectivity index (χ4v) is 4.53. The third-order valence-electron chi connectivity index (χ3n) is 6.49. The lowest BCUT2D eigenvalue weighted by atomic mass is 9.94. The van der Waals surface area contributed by atoms with Gasteiger partial charge in [-0.05, 0) is 55.8 Å². The maximum absolute atomic E-state index is 13.0. The molecule has 0 unspecified atom stereocenters. The lowest BCUT2D eigenvalue weighted by Gasteiger charge is -2.38. The van der Waals surface area contributed by atoms with E-state index in [0.717, 1.165) is 37.4 Å². The Morgan fingerprint density at radius 2 is 1.67 bits per heavy atom. The molecule has 0 aliphatic carbocycles. The normalized spacial score (nSPS) is 18.4. The number of piperazine rings is 1. The number of carbonyl (C=O) groups excluding carboxylic acids is 3. The van der Waals surface area contributed by atoms with E-state index in [0.29, 0.717) is 29.1 Å². The Morgan fingerprint density at radius 3 is 2.25 bits per heavy atom. The van der Waals surface area contributed by atoms with E-state index in [-0.39, 0.29) is 18.4 Å². The van der Waals surface area contributed by atoms with E-state index in [1.165, 1.54) is 0 Å². The highest BCUT2D eigenvalue weighted by Gasteiger charge is 2.34. The van der Waals surface area contributed by atoms with Gasteiger partial charge < -0.3 is 25.0 Å². The molecule has 0 spiro atoms. The summed E-state index contributed by atoms with van der Waals surface area (Å²) in [6.07, 6.45) is 0. The molecule has 2 heterocycles. The molecule has 0 bridgehead atoms. The summed E-state index contributed by atoms with van der Waals surface area (Å²) in [6.45, 7) is 7.06. The minimum atomic E-state index is -0.625. The lowest BCUT2D eigenvalue weighted by Crippen LogP contribution is -2.51. The summed E-state index contributed by atoms with van der Waals surface area (Å²) in [6, 6.07) is 13.9. The molecule has 1 saturated heterocycles. The molecule has 190 valence electrons. The summed E-state index contributed by atoms with van der Waals surface area (Å²) in [4.78, 5) is 41.6. The largest absolute Gasteiger partial charge is 0.497 e. The number of ether oxygens (including phenoxy) is 2. The van der Waals surface area contributed by atoms with Crippen molar-refractivity contribution in [2.45, 2.75) is 19.9 Å². The molecule has 4 rings (SSSR count). The molecule has 36 heavy (non-hydrogen) atoms. The Labute approximate surface area is 211 Å². The van der Waals surface area contributed by atoms with Crippen molar-refractivity contribution in [1.29, 1.82) is 0 Å². The second-order valence-electron chi connectivity index (χ2n) is 8.78. The highest BCUT2D eigenvalue weighted by molar-refractivity contribution is 5.95. The van der Waals surface area contributed by atoms with Gasteiger partial charge in [-0.2, -0.15) is 0 Å². The zero-order valence-corrected chi connectivity index (χ0v) is 20.9. The van der Waals surface area contributed by atoms with Gasteiger partial charge in [-0.25, -0.2) is 9.59 Å². The molecule has 2 aromatic carbocycles. The number of rotatable bonds is 8. The Hall–Kier alpha value is -3.85. The first-order valence-electron chi connectivity index (χ1n) is 12.1. The minimum Gasteiger partial charge on any atom is -0.497 e. The smallest absolute Gasteiger partial charge is 0.338 e.